The predicted octanol–water partition coefficient (Wildman–Crippen LogP) is 2.00. The van der Waals surface area contributed by atoms with Crippen molar-refractivity contribution < 1.29 is 0 Å². The van der Waals surface area contributed by atoms with Crippen molar-refractivity contribution in [1.82, 2.24) is 15.0 Å². The number of para-hydroxylation sites is 1. The fourth-order valence-corrected chi connectivity index (χ4v) is 1.31. The third-order valence-corrected chi connectivity index (χ3v) is 2.09. The molecule has 0 N–H and O–H groups in total. The molecule has 2 aromatic rings. The molecule has 0 saturated carbocycles. The van der Waals surface area contributed by atoms with Gasteiger partial charge in [0.05, 0.1) is 11.4 Å². The lowest BCUT2D eigenvalue weighted by Crippen LogP contribution is -1.98. The third kappa shape index (κ3) is 1.86. The van der Waals surface area contributed by atoms with E-state index >= 15 is 0 Å². The Kier molecular flexibility index (Phi) is 2.46. The maximum atomic E-state index is 6.80. The van der Waals surface area contributed by atoms with Crippen LogP contribution in [-0.2, 0) is 6.54 Å². The molecule has 1 aromatic carbocycles. The normalized spacial score (nSPS) is 9.87. The Labute approximate surface area is 88.0 Å². The zero-order valence-electron chi connectivity index (χ0n) is 8.38. The Morgan fingerprint density at radius 2 is 2.00 bits per heavy atom. The number of nitrogens with zero attached hydrogens (tertiary/aromatic N) is 4. The van der Waals surface area contributed by atoms with E-state index in [1.54, 1.807) is 4.80 Å². The van der Waals surface area contributed by atoms with E-state index in [-0.39, 0.29) is 0 Å². The zero-order valence-corrected chi connectivity index (χ0v) is 8.38. The van der Waals surface area contributed by atoms with Crippen LogP contribution in [0.2, 0.25) is 0 Å². The lowest BCUT2D eigenvalue weighted by molar-refractivity contribution is 0.738. The minimum absolute atomic E-state index is 0.290. The molecule has 15 heavy (non-hydrogen) atoms. The van der Waals surface area contributed by atoms with E-state index in [4.69, 9.17) is 6.57 Å². The number of hydrogen-bond acceptors (Lipinski definition) is 2. The number of aromatic nitrogens is 3. The molecule has 0 aliphatic heterocycles. The molecule has 0 aliphatic carbocycles. The predicted molar refractivity (Wildman–Crippen MR) is 56.4 cm³/mol. The first-order valence-electron chi connectivity index (χ1n) is 4.62. The van der Waals surface area contributed by atoms with Crippen LogP contribution in [0.3, 0.4) is 0 Å². The fraction of sp³-hybridized carbons (Fsp3) is 0.182. The van der Waals surface area contributed by atoms with Crippen LogP contribution in [0.15, 0.2) is 30.3 Å². The van der Waals surface area contributed by atoms with Crippen molar-refractivity contribution in [2.24, 2.45) is 0 Å². The minimum Gasteiger partial charge on any atom is -0.310 e. The lowest BCUT2D eigenvalue weighted by atomic mass is 10.3. The van der Waals surface area contributed by atoms with Gasteiger partial charge in [0.15, 0.2) is 5.69 Å². The van der Waals surface area contributed by atoms with Crippen molar-refractivity contribution in [3.05, 3.63) is 53.1 Å². The standard InChI is InChI=1S/C11H10N4/c1-9-11(8-12-2)14-15(13-9)10-6-4-3-5-7-10/h3-7H,8H2,1H3. The molecule has 0 aliphatic rings. The van der Waals surface area contributed by atoms with Gasteiger partial charge in [-0.15, -0.1) is 5.10 Å². The average molecular weight is 198 g/mol. The summed E-state index contributed by atoms with van der Waals surface area (Å²) in [5, 5.41) is 8.52. The van der Waals surface area contributed by atoms with Crippen molar-refractivity contribution in [2.75, 3.05) is 0 Å². The van der Waals surface area contributed by atoms with Gasteiger partial charge < -0.3 is 4.85 Å². The summed E-state index contributed by atoms with van der Waals surface area (Å²) in [6.07, 6.45) is 0. The number of benzene rings is 1. The lowest BCUT2D eigenvalue weighted by Gasteiger charge is -1.96. The molecule has 0 bridgehead atoms. The van der Waals surface area contributed by atoms with E-state index in [1.807, 2.05) is 37.3 Å². The van der Waals surface area contributed by atoms with E-state index in [2.05, 4.69) is 15.0 Å². The van der Waals surface area contributed by atoms with Crippen LogP contribution in [0.25, 0.3) is 10.5 Å². The third-order valence-electron chi connectivity index (χ3n) is 2.09. The average Bonchev–Trinajstić information content (AvgIpc) is 2.63. The summed E-state index contributed by atoms with van der Waals surface area (Å²) in [6, 6.07) is 9.67. The summed E-state index contributed by atoms with van der Waals surface area (Å²) in [5.41, 5.74) is 2.47. The molecule has 0 spiro atoms. The molecule has 0 unspecified atom stereocenters. The van der Waals surface area contributed by atoms with Crippen molar-refractivity contribution in [2.45, 2.75) is 13.5 Å². The van der Waals surface area contributed by atoms with Gasteiger partial charge in [-0.25, -0.2) is 6.57 Å². The molecular formula is C11H10N4. The highest BCUT2D eigenvalue weighted by atomic mass is 15.5. The Bertz CT molecular complexity index is 493. The molecule has 2 rings (SSSR count). The Balaban J connectivity index is 2.40. The van der Waals surface area contributed by atoms with Crippen molar-refractivity contribution in [3.8, 4) is 5.69 Å². The first-order valence-corrected chi connectivity index (χ1v) is 4.62. The molecule has 4 heteroatoms. The monoisotopic (exact) mass is 198 g/mol. The van der Waals surface area contributed by atoms with Crippen LogP contribution < -0.4 is 0 Å². The summed E-state index contributed by atoms with van der Waals surface area (Å²) >= 11 is 0. The van der Waals surface area contributed by atoms with Crippen molar-refractivity contribution in [1.29, 1.82) is 0 Å². The Hall–Kier alpha value is -2.15. The molecular weight excluding hydrogens is 188 g/mol. The van der Waals surface area contributed by atoms with Gasteiger partial charge in [0, 0.05) is 0 Å². The van der Waals surface area contributed by atoms with Gasteiger partial charge in [-0.05, 0) is 19.1 Å². The van der Waals surface area contributed by atoms with Crippen molar-refractivity contribution >= 4 is 0 Å². The first-order chi connectivity index (χ1) is 7.31. The molecule has 0 radical (unpaired) electrons. The maximum Gasteiger partial charge on any atom is 0.260 e. The second kappa shape index (κ2) is 3.93. The van der Waals surface area contributed by atoms with Gasteiger partial charge in [0.25, 0.3) is 6.54 Å². The van der Waals surface area contributed by atoms with Crippen LogP contribution in [-0.4, -0.2) is 15.0 Å². The van der Waals surface area contributed by atoms with Crippen LogP contribution in [0, 0.1) is 13.5 Å². The maximum absolute atomic E-state index is 6.80. The first kappa shape index (κ1) is 9.41. The smallest absolute Gasteiger partial charge is 0.260 e. The molecule has 0 fully saturated rings. The topological polar surface area (TPSA) is 35.1 Å². The quantitative estimate of drug-likeness (QED) is 0.692. The van der Waals surface area contributed by atoms with E-state index in [0.717, 1.165) is 17.1 Å². The summed E-state index contributed by atoms with van der Waals surface area (Å²) in [7, 11) is 0. The Morgan fingerprint density at radius 1 is 1.27 bits per heavy atom. The molecule has 74 valence electrons. The highest BCUT2D eigenvalue weighted by Gasteiger charge is 2.09. The summed E-state index contributed by atoms with van der Waals surface area (Å²) in [6.45, 7) is 8.96. The van der Waals surface area contributed by atoms with Gasteiger partial charge in [-0.2, -0.15) is 9.90 Å². The summed E-state index contributed by atoms with van der Waals surface area (Å²) in [5.74, 6) is 0. The van der Waals surface area contributed by atoms with Gasteiger partial charge in [-0.3, -0.25) is 0 Å². The second-order valence-electron chi connectivity index (χ2n) is 3.17. The van der Waals surface area contributed by atoms with Crippen LogP contribution >= 0.6 is 0 Å². The summed E-state index contributed by atoms with van der Waals surface area (Å²) in [4.78, 5) is 4.87. The molecule has 0 atom stereocenters. The SMILES string of the molecule is [C-]#[N+]Cc1nn(-c2ccccc2)nc1C. The number of hydrogen-bond donors (Lipinski definition) is 0. The molecule has 1 aromatic heterocycles. The molecule has 1 heterocycles. The summed E-state index contributed by atoms with van der Waals surface area (Å²) < 4.78 is 0. The Morgan fingerprint density at radius 3 is 2.67 bits per heavy atom. The fourth-order valence-electron chi connectivity index (χ4n) is 1.31. The highest BCUT2D eigenvalue weighted by Crippen LogP contribution is 2.08. The van der Waals surface area contributed by atoms with E-state index in [1.165, 1.54) is 0 Å². The van der Waals surface area contributed by atoms with Gasteiger partial charge in [0.2, 0.25) is 0 Å². The van der Waals surface area contributed by atoms with Crippen LogP contribution in [0.4, 0.5) is 0 Å². The van der Waals surface area contributed by atoms with Gasteiger partial charge >= 0.3 is 0 Å². The minimum atomic E-state index is 0.290. The number of rotatable bonds is 2. The molecule has 4 nitrogen and oxygen atoms in total. The van der Waals surface area contributed by atoms with E-state index < -0.39 is 0 Å². The van der Waals surface area contributed by atoms with E-state index in [9.17, 15) is 0 Å². The molecule has 0 amide bonds. The largest absolute Gasteiger partial charge is 0.310 e. The highest BCUT2D eigenvalue weighted by molar-refractivity contribution is 5.29. The van der Waals surface area contributed by atoms with Crippen LogP contribution in [0.1, 0.15) is 11.4 Å². The second-order valence-corrected chi connectivity index (χ2v) is 3.17. The van der Waals surface area contributed by atoms with Crippen LogP contribution in [0.5, 0.6) is 0 Å². The zero-order chi connectivity index (χ0) is 10.7. The van der Waals surface area contributed by atoms with Crippen molar-refractivity contribution in [3.63, 3.8) is 0 Å². The number of aryl methyl sites for hydroxylation is 1. The van der Waals surface area contributed by atoms with Gasteiger partial charge in [-0.1, -0.05) is 18.2 Å². The van der Waals surface area contributed by atoms with Gasteiger partial charge in [0.1, 0.15) is 0 Å². The van der Waals surface area contributed by atoms with E-state index in [0.29, 0.717) is 6.54 Å². The molecule has 0 saturated heterocycles.